The Labute approximate surface area is 171 Å². The molecule has 5 rings (SSSR count). The summed E-state index contributed by atoms with van der Waals surface area (Å²) in [5, 5.41) is 6.73. The third-order valence-corrected chi connectivity index (χ3v) is 5.36. The number of primary amides is 1. The summed E-state index contributed by atoms with van der Waals surface area (Å²) in [5.41, 5.74) is 8.39. The SMILES string of the molecule is NC(=O)c1nc2ccccn2c(=O)c1Cc1cn2cc(CNC3CNC3)ccc2n1. The minimum Gasteiger partial charge on any atom is -0.364 e. The van der Waals surface area contributed by atoms with Gasteiger partial charge in [-0.15, -0.1) is 0 Å². The van der Waals surface area contributed by atoms with E-state index >= 15 is 0 Å². The number of aromatic nitrogens is 4. The van der Waals surface area contributed by atoms with Gasteiger partial charge in [-0.2, -0.15) is 0 Å². The zero-order valence-electron chi connectivity index (χ0n) is 16.2. The topological polar surface area (TPSA) is 119 Å². The van der Waals surface area contributed by atoms with Gasteiger partial charge in [-0.3, -0.25) is 14.0 Å². The molecule has 0 bridgehead atoms. The highest BCUT2D eigenvalue weighted by atomic mass is 16.1. The summed E-state index contributed by atoms with van der Waals surface area (Å²) in [6.07, 6.45) is 5.68. The van der Waals surface area contributed by atoms with E-state index in [-0.39, 0.29) is 23.2 Å². The molecule has 0 radical (unpaired) electrons. The second kappa shape index (κ2) is 7.36. The van der Waals surface area contributed by atoms with Crippen molar-refractivity contribution in [2.24, 2.45) is 5.73 Å². The maximum atomic E-state index is 13.0. The van der Waals surface area contributed by atoms with Crippen molar-refractivity contribution >= 4 is 17.2 Å². The molecule has 1 aliphatic rings. The van der Waals surface area contributed by atoms with Gasteiger partial charge in [-0.25, -0.2) is 9.97 Å². The molecule has 1 saturated heterocycles. The summed E-state index contributed by atoms with van der Waals surface area (Å²) in [5.74, 6) is -0.726. The van der Waals surface area contributed by atoms with Crippen molar-refractivity contribution < 1.29 is 4.79 Å². The lowest BCUT2D eigenvalue weighted by Gasteiger charge is -2.28. The average Bonchev–Trinajstić information content (AvgIpc) is 3.10. The molecular weight excluding hydrogens is 382 g/mol. The number of hydrogen-bond acceptors (Lipinski definition) is 6. The van der Waals surface area contributed by atoms with Crippen LogP contribution >= 0.6 is 0 Å². The molecule has 0 spiro atoms. The number of hydrogen-bond donors (Lipinski definition) is 3. The largest absolute Gasteiger partial charge is 0.364 e. The molecule has 1 amide bonds. The Kier molecular flexibility index (Phi) is 4.53. The fourth-order valence-electron chi connectivity index (χ4n) is 3.65. The van der Waals surface area contributed by atoms with Crippen LogP contribution in [0.1, 0.15) is 27.3 Å². The Hall–Kier alpha value is -3.56. The van der Waals surface area contributed by atoms with Crippen LogP contribution in [0.15, 0.2) is 53.7 Å². The quantitative estimate of drug-likeness (QED) is 0.420. The highest BCUT2D eigenvalue weighted by Crippen LogP contribution is 2.13. The Morgan fingerprint density at radius 1 is 1.17 bits per heavy atom. The smallest absolute Gasteiger partial charge is 0.267 e. The normalized spacial score (nSPS) is 14.3. The first-order valence-electron chi connectivity index (χ1n) is 9.79. The molecule has 0 aliphatic carbocycles. The predicted octanol–water partition coefficient (Wildman–Crippen LogP) is 0.0933. The van der Waals surface area contributed by atoms with Crippen LogP contribution in [0.25, 0.3) is 11.3 Å². The first kappa shape index (κ1) is 18.5. The lowest BCUT2D eigenvalue weighted by atomic mass is 10.1. The lowest BCUT2D eigenvalue weighted by Crippen LogP contribution is -2.54. The van der Waals surface area contributed by atoms with Crippen LogP contribution in [0.5, 0.6) is 0 Å². The number of pyridine rings is 2. The van der Waals surface area contributed by atoms with Crippen LogP contribution < -0.4 is 21.9 Å². The standard InChI is InChI=1S/C21H21N7O2/c22-20(29)19-16(21(30)28-6-2-1-3-18(28)26-19)7-14-12-27-11-13(4-5-17(27)25-14)8-24-15-9-23-10-15/h1-6,11-12,15,23-24H,7-10H2,(H2,22,29). The minimum absolute atomic E-state index is 0.0118. The van der Waals surface area contributed by atoms with Crippen molar-refractivity contribution in [3.63, 3.8) is 0 Å². The third kappa shape index (κ3) is 3.34. The van der Waals surface area contributed by atoms with Crippen LogP contribution in [0.2, 0.25) is 0 Å². The Bertz CT molecular complexity index is 1320. The summed E-state index contributed by atoms with van der Waals surface area (Å²) in [6, 6.07) is 9.65. The summed E-state index contributed by atoms with van der Waals surface area (Å²) in [4.78, 5) is 33.8. The second-order valence-corrected chi connectivity index (χ2v) is 7.49. The Morgan fingerprint density at radius 3 is 2.80 bits per heavy atom. The second-order valence-electron chi connectivity index (χ2n) is 7.49. The van der Waals surface area contributed by atoms with Crippen LogP contribution in [0.3, 0.4) is 0 Å². The first-order chi connectivity index (χ1) is 14.6. The number of nitrogens with one attached hydrogen (secondary N) is 2. The molecule has 1 aliphatic heterocycles. The molecule has 0 saturated carbocycles. The number of carbonyl (C=O) groups excluding carboxylic acids is 1. The zero-order valence-corrected chi connectivity index (χ0v) is 16.2. The maximum absolute atomic E-state index is 13.0. The highest BCUT2D eigenvalue weighted by Gasteiger charge is 2.19. The number of carbonyl (C=O) groups is 1. The van der Waals surface area contributed by atoms with E-state index in [4.69, 9.17) is 5.73 Å². The highest BCUT2D eigenvalue weighted by molar-refractivity contribution is 5.92. The van der Waals surface area contributed by atoms with Crippen molar-refractivity contribution in [1.29, 1.82) is 0 Å². The molecule has 152 valence electrons. The number of rotatable bonds is 6. The van der Waals surface area contributed by atoms with Crippen LogP contribution in [-0.2, 0) is 13.0 Å². The van der Waals surface area contributed by atoms with Crippen molar-refractivity contribution in [3.05, 3.63) is 81.8 Å². The molecular formula is C21H21N7O2. The number of amides is 1. The van der Waals surface area contributed by atoms with Crippen molar-refractivity contribution in [3.8, 4) is 0 Å². The molecule has 5 heterocycles. The van der Waals surface area contributed by atoms with Crippen LogP contribution in [0, 0.1) is 0 Å². The number of imidazole rings is 1. The lowest BCUT2D eigenvalue weighted by molar-refractivity contribution is 0.0994. The molecule has 0 aromatic carbocycles. The summed E-state index contributed by atoms with van der Waals surface area (Å²) >= 11 is 0. The van der Waals surface area contributed by atoms with E-state index in [1.165, 1.54) is 4.40 Å². The zero-order chi connectivity index (χ0) is 20.7. The predicted molar refractivity (Wildman–Crippen MR) is 111 cm³/mol. The molecule has 0 unspecified atom stereocenters. The number of nitrogens with two attached hydrogens (primary N) is 1. The van der Waals surface area contributed by atoms with Crippen molar-refractivity contribution in [2.45, 2.75) is 19.0 Å². The van der Waals surface area contributed by atoms with Crippen LogP contribution in [-0.4, -0.2) is 43.8 Å². The van der Waals surface area contributed by atoms with Crippen molar-refractivity contribution in [1.82, 2.24) is 29.4 Å². The summed E-state index contributed by atoms with van der Waals surface area (Å²) in [6.45, 7) is 2.77. The van der Waals surface area contributed by atoms with E-state index in [9.17, 15) is 9.59 Å². The fourth-order valence-corrected chi connectivity index (χ4v) is 3.65. The molecule has 9 heteroatoms. The summed E-state index contributed by atoms with van der Waals surface area (Å²) in [7, 11) is 0. The van der Waals surface area contributed by atoms with Gasteiger partial charge in [0.25, 0.3) is 11.5 Å². The molecule has 9 nitrogen and oxygen atoms in total. The van der Waals surface area contributed by atoms with E-state index in [1.54, 1.807) is 24.4 Å². The monoisotopic (exact) mass is 403 g/mol. The van der Waals surface area contributed by atoms with Crippen molar-refractivity contribution in [2.75, 3.05) is 13.1 Å². The average molecular weight is 403 g/mol. The minimum atomic E-state index is -0.726. The van der Waals surface area contributed by atoms with Gasteiger partial charge in [0.1, 0.15) is 17.0 Å². The van der Waals surface area contributed by atoms with E-state index in [0.717, 1.165) is 30.8 Å². The molecule has 1 fully saturated rings. The molecule has 0 atom stereocenters. The van der Waals surface area contributed by atoms with Gasteiger partial charge < -0.3 is 20.8 Å². The Balaban J connectivity index is 1.48. The van der Waals surface area contributed by atoms with E-state index < -0.39 is 5.91 Å². The van der Waals surface area contributed by atoms with Gasteiger partial charge in [0.05, 0.1) is 11.3 Å². The van der Waals surface area contributed by atoms with Gasteiger partial charge in [0.2, 0.25) is 0 Å². The van der Waals surface area contributed by atoms with Gasteiger partial charge >= 0.3 is 0 Å². The maximum Gasteiger partial charge on any atom is 0.267 e. The van der Waals surface area contributed by atoms with Gasteiger partial charge in [0.15, 0.2) is 0 Å². The number of fused-ring (bicyclic) bond motifs is 2. The third-order valence-electron chi connectivity index (χ3n) is 5.36. The molecule has 4 aromatic heterocycles. The van der Waals surface area contributed by atoms with Gasteiger partial charge in [0, 0.05) is 50.7 Å². The van der Waals surface area contributed by atoms with Crippen LogP contribution in [0.4, 0.5) is 0 Å². The van der Waals surface area contributed by atoms with E-state index in [1.807, 2.05) is 28.9 Å². The Morgan fingerprint density at radius 2 is 2.03 bits per heavy atom. The molecule has 30 heavy (non-hydrogen) atoms. The van der Waals surface area contributed by atoms with E-state index in [2.05, 4.69) is 20.6 Å². The van der Waals surface area contributed by atoms with E-state index in [0.29, 0.717) is 17.4 Å². The summed E-state index contributed by atoms with van der Waals surface area (Å²) < 4.78 is 3.35. The van der Waals surface area contributed by atoms with Gasteiger partial charge in [-0.05, 0) is 23.8 Å². The molecule has 4 aromatic rings. The first-order valence-corrected chi connectivity index (χ1v) is 9.79. The fraction of sp³-hybridized carbons (Fsp3) is 0.238. The molecule has 4 N–H and O–H groups in total. The van der Waals surface area contributed by atoms with Gasteiger partial charge in [-0.1, -0.05) is 12.1 Å². The number of nitrogens with zero attached hydrogens (tertiary/aromatic N) is 4.